The number of hydrogen-bond donors (Lipinski definition) is 2. The summed E-state index contributed by atoms with van der Waals surface area (Å²) < 4.78 is 3.24. The van der Waals surface area contributed by atoms with Gasteiger partial charge in [0.1, 0.15) is 5.69 Å². The maximum atomic E-state index is 13.1. The first-order valence-electron chi connectivity index (χ1n) is 10.5. The van der Waals surface area contributed by atoms with Gasteiger partial charge in [-0.15, -0.1) is 0 Å². The van der Waals surface area contributed by atoms with Gasteiger partial charge in [0.2, 0.25) is 11.9 Å². The summed E-state index contributed by atoms with van der Waals surface area (Å²) >= 11 is 1.55. The van der Waals surface area contributed by atoms with E-state index in [0.29, 0.717) is 18.5 Å². The van der Waals surface area contributed by atoms with E-state index in [1.54, 1.807) is 23.0 Å². The van der Waals surface area contributed by atoms with Crippen molar-refractivity contribution < 1.29 is 4.79 Å². The van der Waals surface area contributed by atoms with Gasteiger partial charge in [-0.2, -0.15) is 4.98 Å². The Kier molecular flexibility index (Phi) is 5.77. The zero-order valence-electron chi connectivity index (χ0n) is 18.1. The summed E-state index contributed by atoms with van der Waals surface area (Å²) in [6, 6.07) is 8.44. The molecule has 7 nitrogen and oxygen atoms in total. The molecule has 1 aromatic heterocycles. The number of amides is 1. The van der Waals surface area contributed by atoms with Gasteiger partial charge < -0.3 is 19.8 Å². The van der Waals surface area contributed by atoms with Crippen LogP contribution in [0.3, 0.4) is 0 Å². The molecule has 2 heterocycles. The highest BCUT2D eigenvalue weighted by Gasteiger charge is 2.41. The molecule has 1 aromatic carbocycles. The second kappa shape index (κ2) is 8.34. The molecule has 1 amide bonds. The Morgan fingerprint density at radius 2 is 1.93 bits per heavy atom. The molecule has 2 N–H and O–H groups in total. The molecular formula is C22H30N6OS. The van der Waals surface area contributed by atoms with E-state index in [2.05, 4.69) is 19.9 Å². The SMILES string of the molecule is CSNc1cccc(Nc2ncc3c(n2)N(C2CCCC2)CC(C)(C)C(=O)N3C)c1. The van der Waals surface area contributed by atoms with Gasteiger partial charge in [-0.1, -0.05) is 30.9 Å². The minimum Gasteiger partial charge on any atom is -0.351 e. The number of nitrogens with zero attached hydrogens (tertiary/aromatic N) is 4. The number of aromatic nitrogens is 2. The molecule has 0 unspecified atom stereocenters. The van der Waals surface area contributed by atoms with Crippen LogP contribution in [0.4, 0.5) is 28.8 Å². The summed E-state index contributed by atoms with van der Waals surface area (Å²) in [6.45, 7) is 4.71. The Bertz CT molecular complexity index is 928. The van der Waals surface area contributed by atoms with Gasteiger partial charge in [0.05, 0.1) is 11.6 Å². The van der Waals surface area contributed by atoms with Gasteiger partial charge in [0.15, 0.2) is 5.82 Å². The predicted octanol–water partition coefficient (Wildman–Crippen LogP) is 4.66. The maximum absolute atomic E-state index is 13.1. The van der Waals surface area contributed by atoms with Crippen LogP contribution in [0, 0.1) is 5.41 Å². The number of rotatable bonds is 5. The van der Waals surface area contributed by atoms with Crippen LogP contribution in [0.2, 0.25) is 0 Å². The predicted molar refractivity (Wildman–Crippen MR) is 126 cm³/mol. The Morgan fingerprint density at radius 1 is 1.20 bits per heavy atom. The van der Waals surface area contributed by atoms with Gasteiger partial charge >= 0.3 is 0 Å². The van der Waals surface area contributed by atoms with Crippen LogP contribution in [-0.2, 0) is 4.79 Å². The highest BCUT2D eigenvalue weighted by molar-refractivity contribution is 7.99. The Labute approximate surface area is 182 Å². The fourth-order valence-corrected chi connectivity index (χ4v) is 4.79. The highest BCUT2D eigenvalue weighted by Crippen LogP contribution is 2.40. The van der Waals surface area contributed by atoms with Crippen molar-refractivity contribution >= 4 is 46.7 Å². The standard InChI is InChI=1S/C22H30N6OS/c1-22(2)14-28(17-10-5-6-11-17)19-18(27(3)20(22)29)13-23-21(25-19)24-15-8-7-9-16(12-15)26-30-4/h7-9,12-13,17,26H,5-6,10-11,14H2,1-4H3,(H,23,24,25). The third-order valence-corrected chi connectivity index (χ3v) is 6.38. The average molecular weight is 427 g/mol. The van der Waals surface area contributed by atoms with E-state index in [0.717, 1.165) is 35.7 Å². The normalized spacial score (nSPS) is 18.9. The topological polar surface area (TPSA) is 73.4 Å². The zero-order valence-corrected chi connectivity index (χ0v) is 18.9. The number of carbonyl (C=O) groups is 1. The molecule has 2 aromatic rings. The summed E-state index contributed by atoms with van der Waals surface area (Å²) in [5, 5.41) is 3.33. The van der Waals surface area contributed by atoms with E-state index in [1.165, 1.54) is 12.8 Å². The lowest BCUT2D eigenvalue weighted by molar-refractivity contribution is -0.125. The molecule has 8 heteroatoms. The minimum absolute atomic E-state index is 0.101. The molecule has 1 saturated carbocycles. The molecule has 0 bridgehead atoms. The van der Waals surface area contributed by atoms with Crippen LogP contribution in [0.25, 0.3) is 0 Å². The van der Waals surface area contributed by atoms with Crippen molar-refractivity contribution in [2.75, 3.05) is 39.7 Å². The van der Waals surface area contributed by atoms with Crippen molar-refractivity contribution in [3.8, 4) is 0 Å². The van der Waals surface area contributed by atoms with Crippen LogP contribution < -0.4 is 19.8 Å². The number of fused-ring (bicyclic) bond motifs is 1. The summed E-state index contributed by atoms with van der Waals surface area (Å²) in [5.74, 6) is 1.49. The summed E-state index contributed by atoms with van der Waals surface area (Å²) in [5.41, 5.74) is 2.23. The van der Waals surface area contributed by atoms with Crippen LogP contribution in [0.1, 0.15) is 39.5 Å². The number of hydrogen-bond acceptors (Lipinski definition) is 7. The Hall–Kier alpha value is -2.48. The average Bonchev–Trinajstić information content (AvgIpc) is 3.24. The Balaban J connectivity index is 1.71. The fourth-order valence-electron chi connectivity index (χ4n) is 4.43. The lowest BCUT2D eigenvalue weighted by atomic mass is 9.91. The van der Waals surface area contributed by atoms with E-state index in [-0.39, 0.29) is 5.91 Å². The molecule has 1 fully saturated rings. The molecule has 0 radical (unpaired) electrons. The van der Waals surface area contributed by atoms with E-state index in [1.807, 2.05) is 51.4 Å². The highest BCUT2D eigenvalue weighted by atomic mass is 32.2. The lowest BCUT2D eigenvalue weighted by Crippen LogP contribution is -2.45. The second-order valence-electron chi connectivity index (χ2n) is 8.73. The van der Waals surface area contributed by atoms with Gasteiger partial charge in [0.25, 0.3) is 0 Å². The van der Waals surface area contributed by atoms with Crippen LogP contribution >= 0.6 is 11.9 Å². The molecule has 160 valence electrons. The first-order valence-corrected chi connectivity index (χ1v) is 11.7. The second-order valence-corrected chi connectivity index (χ2v) is 9.34. The fraction of sp³-hybridized carbons (Fsp3) is 0.500. The van der Waals surface area contributed by atoms with E-state index in [9.17, 15) is 4.79 Å². The van der Waals surface area contributed by atoms with E-state index >= 15 is 0 Å². The van der Waals surface area contributed by atoms with Crippen molar-refractivity contribution in [1.82, 2.24) is 9.97 Å². The van der Waals surface area contributed by atoms with Crippen molar-refractivity contribution in [3.05, 3.63) is 30.5 Å². The minimum atomic E-state index is -0.483. The van der Waals surface area contributed by atoms with Gasteiger partial charge in [-0.25, -0.2) is 4.98 Å². The maximum Gasteiger partial charge on any atom is 0.234 e. The third kappa shape index (κ3) is 4.05. The molecule has 1 aliphatic carbocycles. The van der Waals surface area contributed by atoms with Gasteiger partial charge in [-0.3, -0.25) is 4.79 Å². The van der Waals surface area contributed by atoms with Crippen molar-refractivity contribution in [2.45, 2.75) is 45.6 Å². The third-order valence-electron chi connectivity index (χ3n) is 5.94. The quantitative estimate of drug-likeness (QED) is 0.674. The largest absolute Gasteiger partial charge is 0.351 e. The summed E-state index contributed by atoms with van der Waals surface area (Å²) in [4.78, 5) is 26.6. The molecule has 2 aliphatic rings. The molecule has 0 saturated heterocycles. The van der Waals surface area contributed by atoms with Crippen molar-refractivity contribution in [2.24, 2.45) is 5.41 Å². The smallest absolute Gasteiger partial charge is 0.234 e. The number of benzene rings is 1. The number of nitrogens with one attached hydrogen (secondary N) is 2. The van der Waals surface area contributed by atoms with E-state index < -0.39 is 5.41 Å². The molecular weight excluding hydrogens is 396 g/mol. The molecule has 1 aliphatic heterocycles. The molecule has 4 rings (SSSR count). The Morgan fingerprint density at radius 3 is 2.67 bits per heavy atom. The van der Waals surface area contributed by atoms with Crippen molar-refractivity contribution in [3.63, 3.8) is 0 Å². The molecule has 0 atom stereocenters. The lowest BCUT2D eigenvalue weighted by Gasteiger charge is -2.34. The van der Waals surface area contributed by atoms with Crippen molar-refractivity contribution in [1.29, 1.82) is 0 Å². The molecule has 30 heavy (non-hydrogen) atoms. The summed E-state index contributed by atoms with van der Waals surface area (Å²) in [7, 11) is 1.83. The first-order chi connectivity index (χ1) is 14.4. The van der Waals surface area contributed by atoms with Crippen LogP contribution in [0.5, 0.6) is 0 Å². The number of anilines is 5. The summed E-state index contributed by atoms with van der Waals surface area (Å²) in [6.07, 6.45) is 8.51. The van der Waals surface area contributed by atoms with Crippen LogP contribution in [0.15, 0.2) is 30.5 Å². The monoisotopic (exact) mass is 426 g/mol. The van der Waals surface area contributed by atoms with E-state index in [4.69, 9.17) is 4.98 Å². The van der Waals surface area contributed by atoms with Gasteiger partial charge in [-0.05, 0) is 44.9 Å². The zero-order chi connectivity index (χ0) is 21.3. The first kappa shape index (κ1) is 20.8. The van der Waals surface area contributed by atoms with Gasteiger partial charge in [0, 0.05) is 37.3 Å². The number of carbonyl (C=O) groups excluding carboxylic acids is 1. The van der Waals surface area contributed by atoms with Crippen LogP contribution in [-0.4, -0.2) is 41.8 Å². The molecule has 0 spiro atoms.